The molecule has 0 unspecified atom stereocenters. The number of aromatic nitrogens is 3. The van der Waals surface area contributed by atoms with Crippen molar-refractivity contribution < 1.29 is 14.7 Å². The number of nitrogens with zero attached hydrogens (tertiary/aromatic N) is 3. The molecule has 7 nitrogen and oxygen atoms in total. The molecule has 1 rings (SSSR count). The fourth-order valence-corrected chi connectivity index (χ4v) is 1.04. The van der Waals surface area contributed by atoms with E-state index >= 15 is 0 Å². The topological polar surface area (TPSA) is 105 Å². The molecule has 1 heterocycles. The van der Waals surface area contributed by atoms with Crippen LogP contribution in [0.15, 0.2) is 11.1 Å². The van der Waals surface area contributed by atoms with Crippen molar-refractivity contribution in [3.05, 3.63) is 22.5 Å². The Bertz CT molecular complexity index is 537. The lowest BCUT2D eigenvalue weighted by Crippen LogP contribution is -2.18. The van der Waals surface area contributed by atoms with Crippen molar-refractivity contribution in [2.24, 2.45) is 0 Å². The Morgan fingerprint density at radius 3 is 2.17 bits per heavy atom. The summed E-state index contributed by atoms with van der Waals surface area (Å²) in [5, 5.41) is 18.7. The fourth-order valence-electron chi connectivity index (χ4n) is 1.04. The summed E-state index contributed by atoms with van der Waals surface area (Å²) in [6, 6.07) is 0. The van der Waals surface area contributed by atoms with Crippen molar-refractivity contribution in [3.8, 4) is 0 Å². The maximum atomic E-state index is 11.7. The van der Waals surface area contributed by atoms with Crippen LogP contribution in [0.3, 0.4) is 0 Å². The average Bonchev–Trinajstić information content (AvgIpc) is 2.31. The number of aliphatic carboxylic acids is 1. The molecule has 0 atom stereocenters. The number of carbonyl (C=O) groups excluding carboxylic acids is 1. The number of rotatable bonds is 3. The zero-order chi connectivity index (χ0) is 13.9. The number of hydrogen-bond acceptors (Lipinski definition) is 5. The van der Waals surface area contributed by atoms with Crippen molar-refractivity contribution in [2.75, 3.05) is 5.32 Å². The molecule has 1 amide bonds. The molecule has 0 aromatic carbocycles. The zero-order valence-electron chi connectivity index (χ0n) is 10.6. The number of carboxylic acid groups (broad SMARTS) is 1. The lowest BCUT2D eigenvalue weighted by Gasteiger charge is -2.06. The third-order valence-corrected chi connectivity index (χ3v) is 2.54. The first-order valence-corrected chi connectivity index (χ1v) is 5.23. The molecule has 0 fully saturated rings. The molecule has 18 heavy (non-hydrogen) atoms. The van der Waals surface area contributed by atoms with Crippen LogP contribution in [0.25, 0.3) is 0 Å². The fraction of sp³-hybridized carbons (Fsp3) is 0.364. The highest BCUT2D eigenvalue weighted by molar-refractivity contribution is 6.07. The molecule has 0 spiro atoms. The largest absolute Gasteiger partial charge is 0.478 e. The van der Waals surface area contributed by atoms with Gasteiger partial charge in [0.05, 0.1) is 11.4 Å². The van der Waals surface area contributed by atoms with Gasteiger partial charge in [-0.25, -0.2) is 9.78 Å². The second-order valence-electron chi connectivity index (χ2n) is 3.82. The predicted molar refractivity (Wildman–Crippen MR) is 63.9 cm³/mol. The second kappa shape index (κ2) is 5.35. The van der Waals surface area contributed by atoms with Gasteiger partial charge in [-0.2, -0.15) is 5.10 Å². The van der Waals surface area contributed by atoms with Gasteiger partial charge in [-0.3, -0.25) is 10.1 Å². The van der Waals surface area contributed by atoms with Gasteiger partial charge in [-0.05, 0) is 27.7 Å². The van der Waals surface area contributed by atoms with E-state index in [0.717, 1.165) is 0 Å². The van der Waals surface area contributed by atoms with Crippen LogP contribution >= 0.6 is 0 Å². The van der Waals surface area contributed by atoms with Crippen LogP contribution in [-0.2, 0) is 9.59 Å². The first kappa shape index (κ1) is 13.8. The summed E-state index contributed by atoms with van der Waals surface area (Å²) in [7, 11) is 0. The monoisotopic (exact) mass is 250 g/mol. The van der Waals surface area contributed by atoms with E-state index in [4.69, 9.17) is 5.11 Å². The van der Waals surface area contributed by atoms with Crippen molar-refractivity contribution in [1.82, 2.24) is 15.2 Å². The Morgan fingerprint density at radius 2 is 1.67 bits per heavy atom. The lowest BCUT2D eigenvalue weighted by molar-refractivity contribution is -0.133. The Labute approximate surface area is 104 Å². The highest BCUT2D eigenvalue weighted by Gasteiger charge is 2.14. The third-order valence-electron chi connectivity index (χ3n) is 2.54. The third kappa shape index (κ3) is 3.09. The maximum absolute atomic E-state index is 11.7. The minimum absolute atomic E-state index is 0.0238. The molecule has 1 aromatic rings. The minimum Gasteiger partial charge on any atom is -0.478 e. The molecule has 96 valence electrons. The number of aryl methyl sites for hydroxylation is 2. The van der Waals surface area contributed by atoms with Crippen molar-refractivity contribution in [1.29, 1.82) is 0 Å². The molecular formula is C11H14N4O3. The molecule has 7 heteroatoms. The summed E-state index contributed by atoms with van der Waals surface area (Å²) in [4.78, 5) is 26.5. The predicted octanol–water partition coefficient (Wildman–Crippen LogP) is 0.848. The molecule has 0 aliphatic carbocycles. The first-order valence-electron chi connectivity index (χ1n) is 5.23. The summed E-state index contributed by atoms with van der Waals surface area (Å²) < 4.78 is 0. The van der Waals surface area contributed by atoms with Gasteiger partial charge in [0.25, 0.3) is 5.91 Å². The average molecular weight is 250 g/mol. The van der Waals surface area contributed by atoms with Gasteiger partial charge >= 0.3 is 5.97 Å². The number of carboxylic acids is 1. The standard InChI is InChI=1S/C11H14N4O3/c1-5(6(2)10(17)18)9(16)13-11-12-7(3)8(4)14-15-11/h1-4H3,(H,17,18)(H,12,13,15,16). The van der Waals surface area contributed by atoms with Crippen molar-refractivity contribution in [2.45, 2.75) is 27.7 Å². The van der Waals surface area contributed by atoms with E-state index in [1.807, 2.05) is 0 Å². The van der Waals surface area contributed by atoms with Gasteiger partial charge in [0.2, 0.25) is 5.95 Å². The smallest absolute Gasteiger partial charge is 0.331 e. The van der Waals surface area contributed by atoms with Crippen LogP contribution in [0.2, 0.25) is 0 Å². The number of anilines is 1. The van der Waals surface area contributed by atoms with E-state index in [-0.39, 0.29) is 17.1 Å². The van der Waals surface area contributed by atoms with E-state index in [1.165, 1.54) is 13.8 Å². The molecule has 0 aliphatic heterocycles. The number of hydrogen-bond donors (Lipinski definition) is 2. The van der Waals surface area contributed by atoms with Crippen LogP contribution < -0.4 is 5.32 Å². The zero-order valence-corrected chi connectivity index (χ0v) is 10.6. The van der Waals surface area contributed by atoms with Crippen LogP contribution in [-0.4, -0.2) is 32.2 Å². The summed E-state index contributed by atoms with van der Waals surface area (Å²) in [6.45, 7) is 6.27. The number of carbonyl (C=O) groups is 2. The molecule has 2 N–H and O–H groups in total. The maximum Gasteiger partial charge on any atom is 0.331 e. The Kier molecular flexibility index (Phi) is 4.09. The molecule has 0 saturated heterocycles. The SMILES string of the molecule is CC(C(=O)O)=C(C)C(=O)Nc1nnc(C)c(C)n1. The van der Waals surface area contributed by atoms with E-state index < -0.39 is 11.9 Å². The van der Waals surface area contributed by atoms with Crippen LogP contribution in [0.4, 0.5) is 5.95 Å². The molecular weight excluding hydrogens is 236 g/mol. The molecule has 0 radical (unpaired) electrons. The summed E-state index contributed by atoms with van der Waals surface area (Å²) in [5.41, 5.74) is 1.40. The summed E-state index contributed by atoms with van der Waals surface area (Å²) in [6.07, 6.45) is 0. The summed E-state index contributed by atoms with van der Waals surface area (Å²) >= 11 is 0. The van der Waals surface area contributed by atoms with E-state index in [2.05, 4.69) is 20.5 Å². The lowest BCUT2D eigenvalue weighted by atomic mass is 10.1. The van der Waals surface area contributed by atoms with Crippen molar-refractivity contribution in [3.63, 3.8) is 0 Å². The number of amides is 1. The second-order valence-corrected chi connectivity index (χ2v) is 3.82. The normalized spacial score (nSPS) is 11.8. The van der Waals surface area contributed by atoms with E-state index in [0.29, 0.717) is 11.4 Å². The van der Waals surface area contributed by atoms with Gasteiger partial charge in [0.15, 0.2) is 0 Å². The van der Waals surface area contributed by atoms with E-state index in [9.17, 15) is 9.59 Å². The van der Waals surface area contributed by atoms with Crippen LogP contribution in [0.5, 0.6) is 0 Å². The molecule has 0 saturated carbocycles. The summed E-state index contributed by atoms with van der Waals surface area (Å²) in [5.74, 6) is -1.64. The van der Waals surface area contributed by atoms with Gasteiger partial charge in [-0.15, -0.1) is 5.10 Å². The molecule has 0 aliphatic rings. The Hall–Kier alpha value is -2.31. The first-order chi connectivity index (χ1) is 8.32. The van der Waals surface area contributed by atoms with Gasteiger partial charge < -0.3 is 5.11 Å². The van der Waals surface area contributed by atoms with Gasteiger partial charge in [-0.1, -0.05) is 0 Å². The molecule has 1 aromatic heterocycles. The molecule has 0 bridgehead atoms. The van der Waals surface area contributed by atoms with Crippen LogP contribution in [0, 0.1) is 13.8 Å². The van der Waals surface area contributed by atoms with Crippen LogP contribution in [0.1, 0.15) is 25.2 Å². The van der Waals surface area contributed by atoms with Crippen molar-refractivity contribution >= 4 is 17.8 Å². The minimum atomic E-state index is -1.14. The van der Waals surface area contributed by atoms with Gasteiger partial charge in [0.1, 0.15) is 0 Å². The Morgan fingerprint density at radius 1 is 1.06 bits per heavy atom. The van der Waals surface area contributed by atoms with E-state index in [1.54, 1.807) is 13.8 Å². The Balaban J connectivity index is 2.92. The highest BCUT2D eigenvalue weighted by atomic mass is 16.4. The van der Waals surface area contributed by atoms with Gasteiger partial charge in [0, 0.05) is 11.1 Å². The quantitative estimate of drug-likeness (QED) is 0.770. The number of nitrogens with one attached hydrogen (secondary N) is 1. The highest BCUT2D eigenvalue weighted by Crippen LogP contribution is 2.07.